The summed E-state index contributed by atoms with van der Waals surface area (Å²) < 4.78 is 7.09. The van der Waals surface area contributed by atoms with Crippen LogP contribution in [-0.4, -0.2) is 34.3 Å². The number of hydrogen-bond acceptors (Lipinski definition) is 5. The van der Waals surface area contributed by atoms with E-state index in [0.717, 1.165) is 35.2 Å². The summed E-state index contributed by atoms with van der Waals surface area (Å²) in [5.41, 5.74) is 2.29. The summed E-state index contributed by atoms with van der Waals surface area (Å²) in [6, 6.07) is 1.78. The highest BCUT2D eigenvalue weighted by molar-refractivity contribution is 7.20. The summed E-state index contributed by atoms with van der Waals surface area (Å²) in [6.45, 7) is 4.09. The lowest BCUT2D eigenvalue weighted by atomic mass is 9.97. The van der Waals surface area contributed by atoms with Gasteiger partial charge in [-0.25, -0.2) is 4.79 Å². The van der Waals surface area contributed by atoms with Crippen molar-refractivity contribution in [1.82, 2.24) is 15.1 Å². The minimum absolute atomic E-state index is 0.256. The summed E-state index contributed by atoms with van der Waals surface area (Å²) in [5, 5.41) is 8.12. The number of allylic oxidation sites excluding steroid dienone is 1. The molecule has 0 aliphatic heterocycles. The van der Waals surface area contributed by atoms with Crippen LogP contribution in [0.15, 0.2) is 17.7 Å². The lowest BCUT2D eigenvalue weighted by molar-refractivity contribution is -0.129. The van der Waals surface area contributed by atoms with Gasteiger partial charge in [0.1, 0.15) is 9.71 Å². The number of nitrogens with zero attached hydrogens (tertiary/aromatic N) is 2. The molecule has 1 atom stereocenters. The number of aromatic nitrogens is 2. The Labute approximate surface area is 157 Å². The van der Waals surface area contributed by atoms with Crippen LogP contribution in [0.5, 0.6) is 0 Å². The van der Waals surface area contributed by atoms with Gasteiger partial charge in [-0.15, -0.1) is 11.3 Å². The molecule has 1 amide bonds. The van der Waals surface area contributed by atoms with Crippen molar-refractivity contribution in [3.8, 4) is 0 Å². The molecule has 3 rings (SSSR count). The number of aryl methyl sites for hydroxylation is 2. The topological polar surface area (TPSA) is 73.2 Å². The minimum atomic E-state index is -0.813. The number of carbonyl (C=O) groups excluding carboxylic acids is 2. The van der Waals surface area contributed by atoms with E-state index in [9.17, 15) is 9.59 Å². The fourth-order valence-electron chi connectivity index (χ4n) is 3.20. The first-order valence-corrected chi connectivity index (χ1v) is 9.87. The molecule has 0 spiro atoms. The van der Waals surface area contributed by atoms with E-state index in [1.54, 1.807) is 17.7 Å². The second kappa shape index (κ2) is 8.03. The molecule has 26 heavy (non-hydrogen) atoms. The Bertz CT molecular complexity index is 815. The Morgan fingerprint density at radius 2 is 2.23 bits per heavy atom. The first kappa shape index (κ1) is 18.6. The fourth-order valence-corrected chi connectivity index (χ4v) is 4.21. The Morgan fingerprint density at radius 1 is 1.42 bits per heavy atom. The third kappa shape index (κ3) is 4.15. The van der Waals surface area contributed by atoms with Gasteiger partial charge in [0, 0.05) is 19.0 Å². The predicted molar refractivity (Wildman–Crippen MR) is 102 cm³/mol. The quantitative estimate of drug-likeness (QED) is 0.619. The van der Waals surface area contributed by atoms with Crippen LogP contribution < -0.4 is 5.32 Å². The third-order valence-corrected chi connectivity index (χ3v) is 5.86. The number of rotatable bonds is 6. The van der Waals surface area contributed by atoms with E-state index in [0.29, 0.717) is 11.4 Å². The molecule has 0 fully saturated rings. The average Bonchev–Trinajstić information content (AvgIpc) is 3.17. The van der Waals surface area contributed by atoms with Crippen LogP contribution in [0.3, 0.4) is 0 Å². The van der Waals surface area contributed by atoms with Crippen molar-refractivity contribution in [2.75, 3.05) is 6.54 Å². The lowest BCUT2D eigenvalue weighted by Gasteiger charge is -2.15. The molecule has 7 heteroatoms. The van der Waals surface area contributed by atoms with E-state index in [1.807, 2.05) is 14.0 Å². The van der Waals surface area contributed by atoms with Crippen molar-refractivity contribution in [2.45, 2.75) is 52.1 Å². The smallest absolute Gasteiger partial charge is 0.349 e. The molecule has 0 saturated heterocycles. The van der Waals surface area contributed by atoms with Crippen LogP contribution in [0.1, 0.15) is 54.4 Å². The number of hydrogen-bond donors (Lipinski definition) is 1. The van der Waals surface area contributed by atoms with E-state index in [1.165, 1.54) is 29.8 Å². The van der Waals surface area contributed by atoms with Crippen LogP contribution in [0.4, 0.5) is 0 Å². The predicted octanol–water partition coefficient (Wildman–Crippen LogP) is 3.50. The minimum Gasteiger partial charge on any atom is -0.448 e. The zero-order valence-electron chi connectivity index (χ0n) is 15.5. The maximum absolute atomic E-state index is 12.3. The molecule has 6 nitrogen and oxygen atoms in total. The highest BCUT2D eigenvalue weighted by atomic mass is 32.1. The summed E-state index contributed by atoms with van der Waals surface area (Å²) >= 11 is 1.33. The van der Waals surface area contributed by atoms with Gasteiger partial charge in [-0.3, -0.25) is 9.48 Å². The Hall–Kier alpha value is -2.15. The van der Waals surface area contributed by atoms with E-state index >= 15 is 0 Å². The number of ether oxygens (including phenoxy) is 1. The number of amides is 1. The Balaban J connectivity index is 1.51. The van der Waals surface area contributed by atoms with Gasteiger partial charge in [-0.2, -0.15) is 5.10 Å². The van der Waals surface area contributed by atoms with Gasteiger partial charge >= 0.3 is 5.97 Å². The lowest BCUT2D eigenvalue weighted by Crippen LogP contribution is -2.36. The Morgan fingerprint density at radius 3 is 2.92 bits per heavy atom. The van der Waals surface area contributed by atoms with E-state index < -0.39 is 12.1 Å². The van der Waals surface area contributed by atoms with Gasteiger partial charge < -0.3 is 10.1 Å². The van der Waals surface area contributed by atoms with E-state index in [-0.39, 0.29) is 5.91 Å². The normalized spacial score (nSPS) is 15.6. The molecule has 1 N–H and O–H groups in total. The molecule has 2 aromatic rings. The van der Waals surface area contributed by atoms with Crippen molar-refractivity contribution in [1.29, 1.82) is 0 Å². The molecule has 2 aromatic heterocycles. The van der Waals surface area contributed by atoms with Gasteiger partial charge in [-0.1, -0.05) is 11.6 Å². The zero-order valence-corrected chi connectivity index (χ0v) is 16.3. The second-order valence-electron chi connectivity index (χ2n) is 6.74. The number of fused-ring (bicyclic) bond motifs is 1. The summed E-state index contributed by atoms with van der Waals surface area (Å²) in [6.07, 6.45) is 7.09. The molecule has 0 aromatic carbocycles. The zero-order chi connectivity index (χ0) is 18.7. The van der Waals surface area contributed by atoms with Gasteiger partial charge in [0.15, 0.2) is 6.10 Å². The van der Waals surface area contributed by atoms with E-state index in [2.05, 4.69) is 16.5 Å². The molecule has 1 unspecified atom stereocenters. The van der Waals surface area contributed by atoms with Gasteiger partial charge in [0.25, 0.3) is 5.91 Å². The maximum Gasteiger partial charge on any atom is 0.349 e. The van der Waals surface area contributed by atoms with Crippen LogP contribution in [0.25, 0.3) is 10.2 Å². The molecule has 140 valence electrons. The number of nitrogens with one attached hydrogen (secondary N) is 1. The molecule has 0 radical (unpaired) electrons. The molecular formula is C19H25N3O3S. The van der Waals surface area contributed by atoms with Crippen molar-refractivity contribution in [3.63, 3.8) is 0 Å². The Kier molecular flexibility index (Phi) is 5.76. The highest BCUT2D eigenvalue weighted by Crippen LogP contribution is 2.28. The second-order valence-corrected chi connectivity index (χ2v) is 7.77. The van der Waals surface area contributed by atoms with Gasteiger partial charge in [0.2, 0.25) is 0 Å². The van der Waals surface area contributed by atoms with Gasteiger partial charge in [-0.05, 0) is 52.0 Å². The highest BCUT2D eigenvalue weighted by Gasteiger charge is 2.21. The SMILES string of the molecule is Cc1nn(C)c2sc(C(=O)OC(C)C(=O)NCCC3=CCCCC3)cc12. The van der Waals surface area contributed by atoms with Crippen molar-refractivity contribution >= 4 is 33.4 Å². The summed E-state index contributed by atoms with van der Waals surface area (Å²) in [7, 11) is 1.85. The van der Waals surface area contributed by atoms with Crippen LogP contribution in [0.2, 0.25) is 0 Å². The summed E-state index contributed by atoms with van der Waals surface area (Å²) in [4.78, 5) is 25.9. The fraction of sp³-hybridized carbons (Fsp3) is 0.526. The van der Waals surface area contributed by atoms with Crippen LogP contribution >= 0.6 is 11.3 Å². The van der Waals surface area contributed by atoms with E-state index in [4.69, 9.17) is 4.74 Å². The molecule has 1 aliphatic rings. The van der Waals surface area contributed by atoms with Crippen LogP contribution in [0, 0.1) is 6.92 Å². The van der Waals surface area contributed by atoms with Crippen molar-refractivity contribution in [3.05, 3.63) is 28.3 Å². The number of carbonyl (C=O) groups is 2. The standard InChI is InChI=1S/C19H25N3O3S/c1-12-15-11-16(26-18(15)22(3)21-12)19(24)25-13(2)17(23)20-10-9-14-7-5-4-6-8-14/h7,11,13H,4-6,8-10H2,1-3H3,(H,20,23). The first-order valence-electron chi connectivity index (χ1n) is 9.05. The summed E-state index contributed by atoms with van der Waals surface area (Å²) in [5.74, 6) is -0.725. The molecule has 1 aliphatic carbocycles. The van der Waals surface area contributed by atoms with Crippen LogP contribution in [-0.2, 0) is 16.6 Å². The number of esters is 1. The van der Waals surface area contributed by atoms with Crippen molar-refractivity contribution in [2.24, 2.45) is 7.05 Å². The monoisotopic (exact) mass is 375 g/mol. The molecule has 2 heterocycles. The molecule has 0 bridgehead atoms. The van der Waals surface area contributed by atoms with Gasteiger partial charge in [0.05, 0.1) is 5.69 Å². The van der Waals surface area contributed by atoms with Crippen molar-refractivity contribution < 1.29 is 14.3 Å². The maximum atomic E-state index is 12.3. The molecule has 0 saturated carbocycles. The third-order valence-electron chi connectivity index (χ3n) is 4.68. The number of thiophene rings is 1. The first-order chi connectivity index (χ1) is 12.5. The largest absolute Gasteiger partial charge is 0.448 e. The average molecular weight is 375 g/mol. The molecular weight excluding hydrogens is 350 g/mol.